The van der Waals surface area contributed by atoms with Gasteiger partial charge in [-0.05, 0) is 12.5 Å². The summed E-state index contributed by atoms with van der Waals surface area (Å²) in [6.45, 7) is 2.43. The van der Waals surface area contributed by atoms with Gasteiger partial charge in [0.1, 0.15) is 11.4 Å². The van der Waals surface area contributed by atoms with E-state index in [2.05, 4.69) is 19.9 Å². The molecule has 10 heteroatoms. The van der Waals surface area contributed by atoms with E-state index >= 15 is 0 Å². The van der Waals surface area contributed by atoms with E-state index < -0.39 is 0 Å². The highest BCUT2D eigenvalue weighted by Gasteiger charge is 2.22. The predicted molar refractivity (Wildman–Crippen MR) is 101 cm³/mol. The van der Waals surface area contributed by atoms with E-state index in [0.717, 1.165) is 13.0 Å². The summed E-state index contributed by atoms with van der Waals surface area (Å²) in [5.74, 6) is 1.68. The van der Waals surface area contributed by atoms with E-state index in [9.17, 15) is 4.79 Å². The van der Waals surface area contributed by atoms with Gasteiger partial charge in [-0.15, -0.1) is 0 Å². The lowest BCUT2D eigenvalue weighted by atomic mass is 10.3. The van der Waals surface area contributed by atoms with Gasteiger partial charge in [0.15, 0.2) is 0 Å². The van der Waals surface area contributed by atoms with E-state index in [1.165, 1.54) is 0 Å². The molecule has 3 heterocycles. The molecule has 0 atom stereocenters. The standard InChI is InChI=1S/C17H21N5O3.CH2O2/c1-24-13-4-6-18-14(12-13)16(23)21-8-3-9-22(11-10-21)17-19-7-5-15(20-17)25-2;2-1-3/h4-7,12H,3,8-11H2,1-2H3;1H,(H,2,3). The van der Waals surface area contributed by atoms with Gasteiger partial charge in [-0.3, -0.25) is 14.6 Å². The van der Waals surface area contributed by atoms with Crippen LogP contribution in [0.3, 0.4) is 0 Å². The number of ether oxygens (including phenoxy) is 2. The highest BCUT2D eigenvalue weighted by atomic mass is 16.5. The zero-order chi connectivity index (χ0) is 20.4. The van der Waals surface area contributed by atoms with Crippen molar-refractivity contribution in [3.05, 3.63) is 36.3 Å². The number of amides is 1. The Labute approximate surface area is 162 Å². The van der Waals surface area contributed by atoms with Gasteiger partial charge in [0.05, 0.1) is 14.2 Å². The molecule has 1 N–H and O–H groups in total. The van der Waals surface area contributed by atoms with Gasteiger partial charge in [0.25, 0.3) is 12.4 Å². The molecule has 0 spiro atoms. The van der Waals surface area contributed by atoms with E-state index in [1.54, 1.807) is 44.8 Å². The molecule has 2 aromatic rings. The molecular weight excluding hydrogens is 366 g/mol. The number of methoxy groups -OCH3 is 2. The van der Waals surface area contributed by atoms with E-state index in [0.29, 0.717) is 42.9 Å². The van der Waals surface area contributed by atoms with Crippen LogP contribution in [0.1, 0.15) is 16.9 Å². The molecule has 10 nitrogen and oxygen atoms in total. The number of hydrogen-bond donors (Lipinski definition) is 1. The Kier molecular flexibility index (Phi) is 7.94. The molecule has 0 aliphatic carbocycles. The Balaban J connectivity index is 0.000000878. The Hall–Kier alpha value is -3.43. The molecule has 0 aromatic carbocycles. The smallest absolute Gasteiger partial charge is 0.290 e. The van der Waals surface area contributed by atoms with Crippen LogP contribution in [0.15, 0.2) is 30.6 Å². The third kappa shape index (κ3) is 5.53. The minimum absolute atomic E-state index is 0.0905. The predicted octanol–water partition coefficient (Wildman–Crippen LogP) is 0.942. The summed E-state index contributed by atoms with van der Waals surface area (Å²) in [5, 5.41) is 6.89. The SMILES string of the molecule is COc1ccnc(C(=O)N2CCCN(c3nccc(OC)n3)CC2)c1.O=CO. The maximum atomic E-state index is 12.7. The highest BCUT2D eigenvalue weighted by Crippen LogP contribution is 2.17. The fourth-order valence-corrected chi connectivity index (χ4v) is 2.74. The topological polar surface area (TPSA) is 118 Å². The molecule has 150 valence electrons. The van der Waals surface area contributed by atoms with Crippen molar-refractivity contribution in [2.75, 3.05) is 45.3 Å². The summed E-state index contributed by atoms with van der Waals surface area (Å²) < 4.78 is 10.3. The lowest BCUT2D eigenvalue weighted by Crippen LogP contribution is -2.36. The van der Waals surface area contributed by atoms with Crippen LogP contribution in [0.25, 0.3) is 0 Å². The van der Waals surface area contributed by atoms with Crippen LogP contribution in [0.5, 0.6) is 11.6 Å². The molecule has 0 unspecified atom stereocenters. The summed E-state index contributed by atoms with van der Waals surface area (Å²) in [7, 11) is 3.15. The molecule has 0 saturated carbocycles. The first kappa shape index (κ1) is 20.9. The maximum absolute atomic E-state index is 12.7. The molecule has 1 aliphatic rings. The van der Waals surface area contributed by atoms with Crippen molar-refractivity contribution in [2.45, 2.75) is 6.42 Å². The summed E-state index contributed by atoms with van der Waals surface area (Å²) in [4.78, 5) is 37.8. The van der Waals surface area contributed by atoms with Crippen LogP contribution < -0.4 is 14.4 Å². The molecule has 3 rings (SSSR count). The van der Waals surface area contributed by atoms with Crippen LogP contribution >= 0.6 is 0 Å². The average Bonchev–Trinajstić information content (AvgIpc) is 3.00. The van der Waals surface area contributed by atoms with Gasteiger partial charge in [-0.25, -0.2) is 4.98 Å². The van der Waals surface area contributed by atoms with Crippen LogP contribution in [-0.2, 0) is 4.79 Å². The third-order valence-corrected chi connectivity index (χ3v) is 4.08. The number of nitrogens with zero attached hydrogens (tertiary/aromatic N) is 5. The minimum atomic E-state index is -0.250. The lowest BCUT2D eigenvalue weighted by Gasteiger charge is -2.22. The molecule has 1 fully saturated rings. The van der Waals surface area contributed by atoms with E-state index in [1.807, 2.05) is 4.90 Å². The number of rotatable bonds is 4. The number of carboxylic acid groups (broad SMARTS) is 1. The quantitative estimate of drug-likeness (QED) is 0.762. The Morgan fingerprint density at radius 1 is 1.11 bits per heavy atom. The normalized spacial score (nSPS) is 13.6. The number of aromatic nitrogens is 3. The molecule has 1 aliphatic heterocycles. The lowest BCUT2D eigenvalue weighted by molar-refractivity contribution is -0.122. The van der Waals surface area contributed by atoms with Gasteiger partial charge in [-0.2, -0.15) is 4.98 Å². The zero-order valence-corrected chi connectivity index (χ0v) is 15.8. The van der Waals surface area contributed by atoms with Crippen molar-refractivity contribution in [1.29, 1.82) is 0 Å². The van der Waals surface area contributed by atoms with Crippen molar-refractivity contribution in [3.63, 3.8) is 0 Å². The summed E-state index contributed by atoms with van der Waals surface area (Å²) in [6.07, 6.45) is 4.09. The van der Waals surface area contributed by atoms with Gasteiger partial charge in [0.2, 0.25) is 11.8 Å². The molecule has 0 bridgehead atoms. The highest BCUT2D eigenvalue weighted by molar-refractivity contribution is 5.92. The van der Waals surface area contributed by atoms with Gasteiger partial charge in [0, 0.05) is 50.7 Å². The second-order valence-corrected chi connectivity index (χ2v) is 5.72. The van der Waals surface area contributed by atoms with Crippen LogP contribution in [0, 0.1) is 0 Å². The second kappa shape index (κ2) is 10.7. The fourth-order valence-electron chi connectivity index (χ4n) is 2.74. The molecule has 1 saturated heterocycles. The van der Waals surface area contributed by atoms with Crippen molar-refractivity contribution in [1.82, 2.24) is 19.9 Å². The van der Waals surface area contributed by atoms with Crippen molar-refractivity contribution >= 4 is 18.3 Å². The van der Waals surface area contributed by atoms with Crippen LogP contribution in [0.4, 0.5) is 5.95 Å². The minimum Gasteiger partial charge on any atom is -0.497 e. The zero-order valence-electron chi connectivity index (χ0n) is 15.8. The van der Waals surface area contributed by atoms with Gasteiger partial charge in [-0.1, -0.05) is 0 Å². The number of carbonyl (C=O) groups excluding carboxylic acids is 1. The molecule has 1 amide bonds. The summed E-state index contributed by atoms with van der Waals surface area (Å²) in [5.41, 5.74) is 0.394. The second-order valence-electron chi connectivity index (χ2n) is 5.72. The number of hydrogen-bond acceptors (Lipinski definition) is 8. The number of anilines is 1. The summed E-state index contributed by atoms with van der Waals surface area (Å²) >= 11 is 0. The molecular formula is C18H23N5O5. The first-order valence-corrected chi connectivity index (χ1v) is 8.62. The first-order chi connectivity index (χ1) is 13.6. The van der Waals surface area contributed by atoms with Crippen LogP contribution in [-0.4, -0.2) is 77.7 Å². The Morgan fingerprint density at radius 3 is 2.57 bits per heavy atom. The number of carbonyl (C=O) groups is 2. The first-order valence-electron chi connectivity index (χ1n) is 8.62. The number of pyridine rings is 1. The third-order valence-electron chi connectivity index (χ3n) is 4.08. The fraction of sp³-hybridized carbons (Fsp3) is 0.389. The average molecular weight is 389 g/mol. The van der Waals surface area contributed by atoms with Gasteiger partial charge >= 0.3 is 0 Å². The van der Waals surface area contributed by atoms with Crippen molar-refractivity contribution < 1.29 is 24.2 Å². The van der Waals surface area contributed by atoms with Crippen molar-refractivity contribution in [2.24, 2.45) is 0 Å². The van der Waals surface area contributed by atoms with Gasteiger partial charge < -0.3 is 24.4 Å². The largest absolute Gasteiger partial charge is 0.497 e. The van der Waals surface area contributed by atoms with E-state index in [4.69, 9.17) is 19.4 Å². The summed E-state index contributed by atoms with van der Waals surface area (Å²) in [6, 6.07) is 5.10. The molecule has 0 radical (unpaired) electrons. The van der Waals surface area contributed by atoms with Crippen LogP contribution in [0.2, 0.25) is 0 Å². The Morgan fingerprint density at radius 2 is 1.86 bits per heavy atom. The van der Waals surface area contributed by atoms with Crippen molar-refractivity contribution in [3.8, 4) is 11.6 Å². The molecule has 2 aromatic heterocycles. The maximum Gasteiger partial charge on any atom is 0.290 e. The van der Waals surface area contributed by atoms with E-state index in [-0.39, 0.29) is 12.4 Å². The Bertz CT molecular complexity index is 788. The molecule has 28 heavy (non-hydrogen) atoms. The monoisotopic (exact) mass is 389 g/mol.